The van der Waals surface area contributed by atoms with E-state index >= 15 is 0 Å². The van der Waals surface area contributed by atoms with Crippen LogP contribution in [0.15, 0.2) is 35.7 Å². The maximum atomic E-state index is 13.4. The van der Waals surface area contributed by atoms with Gasteiger partial charge in [0.25, 0.3) is 0 Å². The number of Topliss-reactive ketones (excluding diaryl/α,β-unsaturated/α-hetero) is 2. The van der Waals surface area contributed by atoms with Crippen molar-refractivity contribution >= 4 is 23.2 Å². The number of aromatic nitrogens is 2. The number of aromatic hydroxyl groups is 1. The zero-order chi connectivity index (χ0) is 32.8. The van der Waals surface area contributed by atoms with Crippen molar-refractivity contribution in [1.29, 1.82) is 0 Å². The van der Waals surface area contributed by atoms with Gasteiger partial charge in [0.1, 0.15) is 17.1 Å². The van der Waals surface area contributed by atoms with Gasteiger partial charge in [0.15, 0.2) is 23.0 Å². The highest BCUT2D eigenvalue weighted by molar-refractivity contribution is 6.25. The molecule has 0 saturated carbocycles. The van der Waals surface area contributed by atoms with Crippen molar-refractivity contribution in [1.82, 2.24) is 9.97 Å². The van der Waals surface area contributed by atoms with Crippen molar-refractivity contribution in [2.75, 3.05) is 33.7 Å². The number of carbonyl (C=O) groups excluding carboxylic acids is 3. The normalized spacial score (nSPS) is 12.6. The first-order valence-electron chi connectivity index (χ1n) is 14.7. The minimum absolute atomic E-state index is 0.00295. The van der Waals surface area contributed by atoms with Gasteiger partial charge in [0.05, 0.1) is 44.9 Å². The number of methoxy groups -OCH3 is 3. The molecule has 0 atom stereocenters. The second-order valence-electron chi connectivity index (χ2n) is 10.5. The third-order valence-electron chi connectivity index (χ3n) is 7.69. The maximum Gasteiger partial charge on any atom is 0.357 e. The summed E-state index contributed by atoms with van der Waals surface area (Å²) in [6.45, 7) is 3.98. The molecule has 4 rings (SSSR count). The number of carbonyl (C=O) groups is 3. The average molecular weight is 619 g/mol. The lowest BCUT2D eigenvalue weighted by Gasteiger charge is -2.20. The molecule has 45 heavy (non-hydrogen) atoms. The molecule has 5 N–H and O–H groups in total. The van der Waals surface area contributed by atoms with E-state index in [1.54, 1.807) is 19.1 Å². The number of hydrogen-bond donors (Lipinski definition) is 3. The van der Waals surface area contributed by atoms with E-state index in [1.807, 2.05) is 0 Å². The molecule has 1 aliphatic carbocycles. The Balaban J connectivity index is 1.85. The molecular formula is C33H38N4O8. The molecule has 0 fully saturated rings. The zero-order valence-electron chi connectivity index (χ0n) is 26.1. The van der Waals surface area contributed by atoms with Crippen LogP contribution in [0.25, 0.3) is 22.5 Å². The van der Waals surface area contributed by atoms with E-state index < -0.39 is 17.5 Å². The maximum absolute atomic E-state index is 13.4. The first kappa shape index (κ1) is 32.8. The van der Waals surface area contributed by atoms with Crippen LogP contribution in [0.4, 0.5) is 5.69 Å². The number of nitrogens with zero attached hydrogens (tertiary/aromatic N) is 2. The van der Waals surface area contributed by atoms with Crippen molar-refractivity contribution in [3.63, 3.8) is 0 Å². The van der Waals surface area contributed by atoms with Gasteiger partial charge in [-0.3, -0.25) is 9.59 Å². The van der Waals surface area contributed by atoms with Crippen LogP contribution in [0, 0.1) is 6.92 Å². The fourth-order valence-electron chi connectivity index (χ4n) is 5.29. The largest absolute Gasteiger partial charge is 0.504 e. The molecule has 0 spiro atoms. The number of anilines is 1. The number of unbranched alkanes of at least 4 members (excludes halogenated alkanes) is 5. The van der Waals surface area contributed by atoms with Crippen molar-refractivity contribution < 1.29 is 38.4 Å². The fourth-order valence-corrected chi connectivity index (χ4v) is 5.29. The van der Waals surface area contributed by atoms with Gasteiger partial charge in [-0.15, -0.1) is 0 Å². The van der Waals surface area contributed by atoms with E-state index in [2.05, 4.69) is 16.9 Å². The second kappa shape index (κ2) is 14.1. The third-order valence-corrected chi connectivity index (χ3v) is 7.69. The highest BCUT2D eigenvalue weighted by Crippen LogP contribution is 2.47. The predicted octanol–water partition coefficient (Wildman–Crippen LogP) is 5.14. The van der Waals surface area contributed by atoms with Gasteiger partial charge in [-0.2, -0.15) is 0 Å². The summed E-state index contributed by atoms with van der Waals surface area (Å²) in [5.74, 6) is -2.19. The number of ketones is 2. The number of nitrogen functional groups attached to an aromatic ring is 1. The monoisotopic (exact) mass is 618 g/mol. The Morgan fingerprint density at radius 1 is 0.844 bits per heavy atom. The zero-order valence-corrected chi connectivity index (χ0v) is 26.1. The molecular weight excluding hydrogens is 580 g/mol. The quantitative estimate of drug-likeness (QED) is 0.169. The lowest BCUT2D eigenvalue weighted by molar-refractivity contribution is 0.0490. The molecule has 0 bridgehead atoms. The smallest absolute Gasteiger partial charge is 0.357 e. The van der Waals surface area contributed by atoms with E-state index in [0.717, 1.165) is 32.1 Å². The third kappa shape index (κ3) is 6.26. The number of fused-ring (bicyclic) bond motifs is 1. The summed E-state index contributed by atoms with van der Waals surface area (Å²) in [5, 5.41) is 11.2. The number of pyridine rings is 2. The highest BCUT2D eigenvalue weighted by Gasteiger charge is 2.34. The Bertz CT molecular complexity index is 1680. The van der Waals surface area contributed by atoms with E-state index in [0.29, 0.717) is 12.0 Å². The summed E-state index contributed by atoms with van der Waals surface area (Å²) in [5.41, 5.74) is 13.0. The Morgan fingerprint density at radius 2 is 1.53 bits per heavy atom. The van der Waals surface area contributed by atoms with Gasteiger partial charge in [-0.05, 0) is 43.2 Å². The van der Waals surface area contributed by atoms with Crippen LogP contribution in [0.5, 0.6) is 17.2 Å². The number of allylic oxidation sites excluding steroid dienone is 2. The van der Waals surface area contributed by atoms with Crippen LogP contribution < -0.4 is 20.9 Å². The van der Waals surface area contributed by atoms with Crippen LogP contribution in [0.3, 0.4) is 0 Å². The molecule has 0 radical (unpaired) electrons. The molecule has 3 aromatic rings. The number of benzene rings is 1. The van der Waals surface area contributed by atoms with Gasteiger partial charge < -0.3 is 35.5 Å². The van der Waals surface area contributed by atoms with Crippen LogP contribution in [-0.2, 0) is 9.47 Å². The minimum atomic E-state index is -0.703. The lowest BCUT2D eigenvalue weighted by atomic mass is 9.93. The fraction of sp³-hybridized carbons (Fsp3) is 0.364. The van der Waals surface area contributed by atoms with Crippen molar-refractivity contribution in [2.24, 2.45) is 5.73 Å². The molecule has 2 aromatic heterocycles. The number of phenolic OH excluding ortho intramolecular Hbond substituents is 1. The molecule has 2 heterocycles. The first-order chi connectivity index (χ1) is 21.6. The van der Waals surface area contributed by atoms with E-state index in [-0.39, 0.29) is 80.5 Å². The van der Waals surface area contributed by atoms with Gasteiger partial charge in [-0.25, -0.2) is 14.8 Å². The minimum Gasteiger partial charge on any atom is -0.504 e. The number of ether oxygens (including phenoxy) is 4. The van der Waals surface area contributed by atoms with Gasteiger partial charge in [0, 0.05) is 11.1 Å². The summed E-state index contributed by atoms with van der Waals surface area (Å²) in [6, 6.07) is 6.02. The standard InChI is InChI=1S/C33H38N4O8/c1-6-7-8-9-10-11-16-45-33(41)25-17(2)22(18-13-15-21(42-3)31(43-4)28(18)38)23(34)27(37-25)20-14-12-19-26(36-20)30(40)24(35)32(44-5)29(19)39/h12-15,38H,6-11,16,34-35H2,1-5H3. The summed E-state index contributed by atoms with van der Waals surface area (Å²) in [7, 11) is 4.06. The van der Waals surface area contributed by atoms with Crippen LogP contribution in [0.1, 0.15) is 82.3 Å². The SMILES string of the molecule is CCCCCCCCOC(=O)c1nc(-c2ccc3c(n2)C(=O)C(N)=C(OC)C3=O)c(N)c(-c2ccc(OC)c(OC)c2O)c1C. The van der Waals surface area contributed by atoms with Crippen molar-refractivity contribution in [2.45, 2.75) is 52.4 Å². The number of rotatable bonds is 13. The Morgan fingerprint density at radius 3 is 2.20 bits per heavy atom. The molecule has 0 amide bonds. The van der Waals surface area contributed by atoms with Crippen molar-refractivity contribution in [3.05, 3.63) is 58.2 Å². The summed E-state index contributed by atoms with van der Waals surface area (Å²) in [6.07, 6.45) is 6.09. The number of esters is 1. The van der Waals surface area contributed by atoms with Gasteiger partial charge in [0.2, 0.25) is 17.3 Å². The molecule has 0 aliphatic heterocycles. The summed E-state index contributed by atoms with van der Waals surface area (Å²) in [4.78, 5) is 48.4. The Labute approximate surface area is 261 Å². The molecule has 1 aromatic carbocycles. The van der Waals surface area contributed by atoms with Gasteiger partial charge >= 0.3 is 5.97 Å². The summed E-state index contributed by atoms with van der Waals surface area (Å²) >= 11 is 0. The number of phenols is 1. The Kier molecular flexibility index (Phi) is 10.3. The van der Waals surface area contributed by atoms with E-state index in [4.69, 9.17) is 30.4 Å². The van der Waals surface area contributed by atoms with E-state index in [1.165, 1.54) is 33.5 Å². The molecule has 1 aliphatic rings. The van der Waals surface area contributed by atoms with E-state index in [9.17, 15) is 19.5 Å². The predicted molar refractivity (Wildman–Crippen MR) is 167 cm³/mol. The second-order valence-corrected chi connectivity index (χ2v) is 10.5. The van der Waals surface area contributed by atoms with Crippen LogP contribution >= 0.6 is 0 Å². The molecule has 0 unspecified atom stereocenters. The number of nitrogens with two attached hydrogens (primary N) is 2. The highest BCUT2D eigenvalue weighted by atomic mass is 16.5. The van der Waals surface area contributed by atoms with Crippen molar-refractivity contribution in [3.8, 4) is 39.8 Å². The van der Waals surface area contributed by atoms with Crippen LogP contribution in [-0.4, -0.2) is 60.5 Å². The molecule has 12 nitrogen and oxygen atoms in total. The first-order valence-corrected chi connectivity index (χ1v) is 14.7. The molecule has 12 heteroatoms. The summed E-state index contributed by atoms with van der Waals surface area (Å²) < 4.78 is 21.3. The average Bonchev–Trinajstić information content (AvgIpc) is 3.03. The number of hydrogen-bond acceptors (Lipinski definition) is 12. The molecule has 238 valence electrons. The lowest BCUT2D eigenvalue weighted by Crippen LogP contribution is -2.28. The topological polar surface area (TPSA) is 186 Å². The van der Waals surface area contributed by atoms with Gasteiger partial charge in [-0.1, -0.05) is 39.0 Å². The Hall–Kier alpha value is -5.13. The molecule has 0 saturated heterocycles. The van der Waals surface area contributed by atoms with Crippen LogP contribution in [0.2, 0.25) is 0 Å².